The monoisotopic (exact) mass is 797 g/mol. The molecule has 2 bridgehead atoms. The van der Waals surface area contributed by atoms with E-state index in [0.717, 1.165) is 120 Å². The first kappa shape index (κ1) is 42.1. The van der Waals surface area contributed by atoms with Crippen molar-refractivity contribution in [3.8, 4) is 5.75 Å². The summed E-state index contributed by atoms with van der Waals surface area (Å²) in [6.07, 6.45) is 8.82. The minimum Gasteiger partial charge on any atom is -0.491 e. The van der Waals surface area contributed by atoms with Gasteiger partial charge in [0, 0.05) is 75.3 Å². The van der Waals surface area contributed by atoms with Gasteiger partial charge in [-0.3, -0.25) is 14.4 Å². The normalized spacial score (nSPS) is 30.6. The number of hydrogen-bond acceptors (Lipinski definition) is 9. The van der Waals surface area contributed by atoms with Crippen LogP contribution in [0, 0.1) is 17.8 Å². The molecule has 7 unspecified atom stereocenters. The second-order valence-electron chi connectivity index (χ2n) is 16.7. The van der Waals surface area contributed by atoms with Crippen molar-refractivity contribution in [2.45, 2.75) is 95.3 Å². The van der Waals surface area contributed by atoms with Crippen molar-refractivity contribution < 1.29 is 23.6 Å². The summed E-state index contributed by atoms with van der Waals surface area (Å²) in [5.74, 6) is 0.969. The maximum atomic E-state index is 13.6. The standard InChI is InChI=1S/C43H64ClN5O5S/c1-4-8-33-25-37(44)12-13-38(33)36-28-49-27-35-10-14-39(35)43(52,30-48-20-6-19-47(21-7-24-50)22-17-45-18-23-48)16-5-9-31(2)32(3)55(53)46-42(51)34-11-15-41(54-29-36)40(49)26-34/h11-13,15,24-26,31-32,35-36,39,45,52H,4-10,14,16-23,27-30H2,1-3H3,(H,46,51). The van der Waals surface area contributed by atoms with Gasteiger partial charge in [-0.1, -0.05) is 44.4 Å². The molecule has 3 aliphatic heterocycles. The molecule has 4 aliphatic rings. The van der Waals surface area contributed by atoms with Crippen LogP contribution < -0.4 is 19.7 Å². The van der Waals surface area contributed by atoms with E-state index in [2.05, 4.69) is 50.7 Å². The molecule has 2 aromatic rings. The van der Waals surface area contributed by atoms with Gasteiger partial charge in [0.25, 0.3) is 5.91 Å². The zero-order valence-corrected chi connectivity index (χ0v) is 34.9. The predicted octanol–water partition coefficient (Wildman–Crippen LogP) is 5.82. The van der Waals surface area contributed by atoms with Crippen LogP contribution in [0.2, 0.25) is 5.02 Å². The van der Waals surface area contributed by atoms with Crippen LogP contribution in [0.3, 0.4) is 0 Å². The van der Waals surface area contributed by atoms with Crippen molar-refractivity contribution in [3.05, 3.63) is 58.1 Å². The maximum absolute atomic E-state index is 13.6. The molecule has 55 heavy (non-hydrogen) atoms. The molecule has 12 heteroatoms. The number of nitrogens with one attached hydrogen (secondary N) is 2. The second kappa shape index (κ2) is 19.7. The van der Waals surface area contributed by atoms with Gasteiger partial charge >= 0.3 is 0 Å². The van der Waals surface area contributed by atoms with Gasteiger partial charge in [-0.05, 0) is 118 Å². The summed E-state index contributed by atoms with van der Waals surface area (Å²) in [5.41, 5.74) is 2.94. The fourth-order valence-corrected chi connectivity index (χ4v) is 10.6. The molecule has 10 nitrogen and oxygen atoms in total. The number of rotatable bonds is 8. The van der Waals surface area contributed by atoms with Gasteiger partial charge in [0.1, 0.15) is 23.0 Å². The SMILES string of the molecule is CCCc1cc(Cl)ccc1C1COc2ccc3cc2N(C1)CC1CCC1C(O)(CN1CCCN(CCC=O)CCNCC1)CCCC(C)C(C)S(=O)NC3=O. The van der Waals surface area contributed by atoms with Crippen molar-refractivity contribution in [1.29, 1.82) is 0 Å². The highest BCUT2D eigenvalue weighted by Gasteiger charge is 2.48. The first-order valence-corrected chi connectivity index (χ1v) is 22.5. The topological polar surface area (TPSA) is 114 Å². The van der Waals surface area contributed by atoms with Crippen molar-refractivity contribution in [1.82, 2.24) is 19.8 Å². The predicted molar refractivity (Wildman–Crippen MR) is 223 cm³/mol. The van der Waals surface area contributed by atoms with E-state index in [0.29, 0.717) is 38.1 Å². The zero-order chi connectivity index (χ0) is 39.0. The van der Waals surface area contributed by atoms with Crippen molar-refractivity contribution >= 4 is 40.5 Å². The Kier molecular flexibility index (Phi) is 15.1. The Hall–Kier alpha value is -2.54. The zero-order valence-electron chi connectivity index (χ0n) is 33.3. The second-order valence-corrected chi connectivity index (χ2v) is 18.7. The lowest BCUT2D eigenvalue weighted by Crippen LogP contribution is -2.57. The van der Waals surface area contributed by atoms with Gasteiger partial charge in [0.15, 0.2) is 0 Å². The molecular formula is C43H64ClN5O5S. The van der Waals surface area contributed by atoms with E-state index in [1.807, 2.05) is 25.1 Å². The number of aldehydes is 1. The number of ether oxygens (including phenoxy) is 1. The average molecular weight is 799 g/mol. The van der Waals surface area contributed by atoms with Crippen molar-refractivity contribution in [2.75, 3.05) is 77.0 Å². The van der Waals surface area contributed by atoms with E-state index in [1.54, 1.807) is 6.07 Å². The molecule has 2 fully saturated rings. The number of carbonyl (C=O) groups excluding carboxylic acids is 2. The van der Waals surface area contributed by atoms with E-state index in [4.69, 9.17) is 16.3 Å². The highest BCUT2D eigenvalue weighted by Crippen LogP contribution is 2.47. The quantitative estimate of drug-likeness (QED) is 0.285. The molecule has 3 N–H and O–H groups in total. The van der Waals surface area contributed by atoms with E-state index >= 15 is 0 Å². The number of carbonyl (C=O) groups is 2. The molecule has 0 spiro atoms. The first-order chi connectivity index (χ1) is 26.6. The van der Waals surface area contributed by atoms with Gasteiger partial charge < -0.3 is 29.8 Å². The minimum atomic E-state index is -1.56. The number of amides is 1. The number of hydrogen-bond donors (Lipinski definition) is 3. The van der Waals surface area contributed by atoms with Crippen molar-refractivity contribution in [3.63, 3.8) is 0 Å². The van der Waals surface area contributed by atoms with Gasteiger partial charge in [0.2, 0.25) is 0 Å². The average Bonchev–Trinajstić information content (AvgIpc) is 3.33. The van der Waals surface area contributed by atoms with Crippen LogP contribution in [-0.2, 0) is 22.2 Å². The Morgan fingerprint density at radius 2 is 1.82 bits per heavy atom. The third-order valence-corrected chi connectivity index (χ3v) is 14.7. The largest absolute Gasteiger partial charge is 0.491 e. The fourth-order valence-electron chi connectivity index (χ4n) is 9.38. The summed E-state index contributed by atoms with van der Waals surface area (Å²) >= 11 is 6.50. The van der Waals surface area contributed by atoms with Crippen LogP contribution in [0.15, 0.2) is 36.4 Å². The van der Waals surface area contributed by atoms with Crippen LogP contribution in [0.25, 0.3) is 0 Å². The Morgan fingerprint density at radius 1 is 1.02 bits per heavy atom. The molecule has 0 aromatic heterocycles. The Bertz CT molecular complexity index is 1630. The van der Waals surface area contributed by atoms with Crippen LogP contribution in [0.5, 0.6) is 5.75 Å². The molecule has 3 heterocycles. The summed E-state index contributed by atoms with van der Waals surface area (Å²) in [6, 6.07) is 11.8. The molecular weight excluding hydrogens is 734 g/mol. The Morgan fingerprint density at radius 3 is 2.58 bits per heavy atom. The number of aryl methyl sites for hydroxylation is 1. The summed E-state index contributed by atoms with van der Waals surface area (Å²) < 4.78 is 22.9. The molecule has 1 saturated carbocycles. The molecule has 1 amide bonds. The molecule has 304 valence electrons. The van der Waals surface area contributed by atoms with Gasteiger partial charge in [-0.2, -0.15) is 0 Å². The van der Waals surface area contributed by atoms with Gasteiger partial charge in [-0.15, -0.1) is 0 Å². The minimum absolute atomic E-state index is 0.0778. The lowest BCUT2D eigenvalue weighted by molar-refractivity contribution is -0.108. The highest BCUT2D eigenvalue weighted by molar-refractivity contribution is 7.84. The van der Waals surface area contributed by atoms with Gasteiger partial charge in [0.05, 0.1) is 23.1 Å². The fraction of sp³-hybridized carbons (Fsp3) is 0.674. The summed E-state index contributed by atoms with van der Waals surface area (Å²) in [6.45, 7) is 15.0. The summed E-state index contributed by atoms with van der Waals surface area (Å²) in [7, 11) is -1.56. The first-order valence-electron chi connectivity index (χ1n) is 20.9. The third-order valence-electron chi connectivity index (χ3n) is 12.9. The maximum Gasteiger partial charge on any atom is 0.263 e. The van der Waals surface area contributed by atoms with Gasteiger partial charge in [-0.25, -0.2) is 4.21 Å². The smallest absolute Gasteiger partial charge is 0.263 e. The van der Waals surface area contributed by atoms with E-state index < -0.39 is 16.6 Å². The van der Waals surface area contributed by atoms with E-state index in [-0.39, 0.29) is 34.8 Å². The molecule has 7 atom stereocenters. The number of halogens is 1. The molecule has 1 saturated heterocycles. The van der Waals surface area contributed by atoms with Crippen LogP contribution in [-0.4, -0.2) is 114 Å². The summed E-state index contributed by atoms with van der Waals surface area (Å²) in [5, 5.41) is 17.1. The number of aliphatic hydroxyl groups is 1. The lowest BCUT2D eigenvalue weighted by Gasteiger charge is -2.51. The number of fused-ring (bicyclic) bond motifs is 2. The van der Waals surface area contributed by atoms with E-state index in [9.17, 15) is 18.9 Å². The van der Waals surface area contributed by atoms with Crippen molar-refractivity contribution in [2.24, 2.45) is 17.8 Å². The van der Waals surface area contributed by atoms with Crippen LogP contribution in [0.1, 0.15) is 99.5 Å². The number of nitrogens with zero attached hydrogens (tertiary/aromatic N) is 3. The number of benzene rings is 2. The van der Waals surface area contributed by atoms with E-state index in [1.165, 1.54) is 11.1 Å². The lowest BCUT2D eigenvalue weighted by atomic mass is 9.62. The molecule has 6 rings (SSSR count). The number of anilines is 1. The highest BCUT2D eigenvalue weighted by atomic mass is 35.5. The molecule has 1 aliphatic carbocycles. The third kappa shape index (κ3) is 10.7. The summed E-state index contributed by atoms with van der Waals surface area (Å²) in [4.78, 5) is 31.9. The van der Waals surface area contributed by atoms with Crippen LogP contribution >= 0.6 is 11.6 Å². The molecule has 0 radical (unpaired) electrons. The molecule has 2 aromatic carbocycles. The van der Waals surface area contributed by atoms with Crippen LogP contribution in [0.4, 0.5) is 5.69 Å². The number of β-amino-alcohol motifs (C(OH)–C–C–N with tert-alkyl or cyclic N) is 1. The Balaban J connectivity index is 1.31. The Labute approximate surface area is 336 Å².